The average molecular weight is 288 g/mol. The average Bonchev–Trinajstić information content (AvgIpc) is 2.69. The minimum absolute atomic E-state index is 0.171. The summed E-state index contributed by atoms with van der Waals surface area (Å²) in [6, 6.07) is 0.239. The van der Waals surface area contributed by atoms with Gasteiger partial charge < -0.3 is 5.32 Å². The molecule has 1 aliphatic heterocycles. The Bertz CT molecular complexity index is 529. The summed E-state index contributed by atoms with van der Waals surface area (Å²) in [5.74, 6) is 0.426. The van der Waals surface area contributed by atoms with Crippen molar-refractivity contribution in [3.8, 4) is 0 Å². The number of aryl methyl sites for hydroxylation is 2. The highest BCUT2D eigenvalue weighted by atomic mass is 32.2. The van der Waals surface area contributed by atoms with Crippen molar-refractivity contribution in [3.05, 3.63) is 15.6 Å². The molecular weight excluding hydrogens is 268 g/mol. The largest absolute Gasteiger partial charge is 0.302 e. The lowest BCUT2D eigenvalue weighted by atomic mass is 9.99. The first-order valence-corrected chi connectivity index (χ1v) is 8.80. The first kappa shape index (κ1) is 14.0. The van der Waals surface area contributed by atoms with Crippen LogP contribution in [0.4, 0.5) is 0 Å². The van der Waals surface area contributed by atoms with E-state index in [0.29, 0.717) is 6.42 Å². The van der Waals surface area contributed by atoms with Crippen LogP contribution in [0, 0.1) is 13.8 Å². The van der Waals surface area contributed by atoms with E-state index >= 15 is 0 Å². The topological polar surface area (TPSA) is 59.1 Å². The second-order valence-corrected chi connectivity index (χ2v) is 8.77. The van der Waals surface area contributed by atoms with Gasteiger partial charge in [-0.3, -0.25) is 0 Å². The van der Waals surface area contributed by atoms with E-state index in [1.54, 1.807) is 11.3 Å². The van der Waals surface area contributed by atoms with Gasteiger partial charge in [-0.05, 0) is 34.1 Å². The third kappa shape index (κ3) is 2.60. The SMILES string of the molecule is Cc1nc(C2(NC(C)C)CCS(=O)(=O)C2)sc1C. The van der Waals surface area contributed by atoms with Crippen LogP contribution in [0.3, 0.4) is 0 Å². The molecule has 0 bridgehead atoms. The quantitative estimate of drug-likeness (QED) is 0.921. The lowest BCUT2D eigenvalue weighted by Crippen LogP contribution is -2.47. The van der Waals surface area contributed by atoms with Gasteiger partial charge in [-0.1, -0.05) is 0 Å². The van der Waals surface area contributed by atoms with Gasteiger partial charge in [0.25, 0.3) is 0 Å². The van der Waals surface area contributed by atoms with Gasteiger partial charge in [0.05, 0.1) is 22.7 Å². The number of hydrogen-bond acceptors (Lipinski definition) is 5. The first-order chi connectivity index (χ1) is 8.24. The van der Waals surface area contributed by atoms with Crippen molar-refractivity contribution < 1.29 is 8.42 Å². The van der Waals surface area contributed by atoms with Crippen LogP contribution in [-0.4, -0.2) is 30.9 Å². The van der Waals surface area contributed by atoms with Crippen LogP contribution >= 0.6 is 11.3 Å². The van der Waals surface area contributed by atoms with Gasteiger partial charge in [0, 0.05) is 10.9 Å². The van der Waals surface area contributed by atoms with Crippen molar-refractivity contribution in [1.29, 1.82) is 0 Å². The summed E-state index contributed by atoms with van der Waals surface area (Å²) in [4.78, 5) is 5.74. The number of nitrogens with one attached hydrogen (secondary N) is 1. The van der Waals surface area contributed by atoms with Crippen LogP contribution < -0.4 is 5.32 Å². The number of thiazole rings is 1. The summed E-state index contributed by atoms with van der Waals surface area (Å²) < 4.78 is 23.7. The molecule has 18 heavy (non-hydrogen) atoms. The van der Waals surface area contributed by atoms with E-state index in [1.807, 2.05) is 27.7 Å². The molecule has 1 saturated heterocycles. The first-order valence-electron chi connectivity index (χ1n) is 6.17. The van der Waals surface area contributed by atoms with E-state index in [9.17, 15) is 8.42 Å². The zero-order chi connectivity index (χ0) is 13.6. The Morgan fingerprint density at radius 2 is 2.06 bits per heavy atom. The molecule has 0 spiro atoms. The van der Waals surface area contributed by atoms with Crippen molar-refractivity contribution in [2.45, 2.75) is 45.7 Å². The Morgan fingerprint density at radius 3 is 2.44 bits per heavy atom. The number of sulfone groups is 1. The lowest BCUT2D eigenvalue weighted by Gasteiger charge is -2.29. The molecule has 2 rings (SSSR count). The van der Waals surface area contributed by atoms with E-state index < -0.39 is 15.4 Å². The Balaban J connectivity index is 2.43. The molecule has 102 valence electrons. The van der Waals surface area contributed by atoms with Gasteiger partial charge in [0.15, 0.2) is 9.84 Å². The number of rotatable bonds is 3. The third-order valence-corrected chi connectivity index (χ3v) is 6.34. The molecular formula is C12H20N2O2S2. The lowest BCUT2D eigenvalue weighted by molar-refractivity contribution is 0.340. The molecule has 2 heterocycles. The fraction of sp³-hybridized carbons (Fsp3) is 0.750. The maximum atomic E-state index is 11.8. The standard InChI is InChI=1S/C12H20N2O2S2/c1-8(2)14-12(5-6-18(15,16)7-12)11-13-9(3)10(4)17-11/h8,14H,5-7H2,1-4H3. The van der Waals surface area contributed by atoms with Gasteiger partial charge in [0.1, 0.15) is 5.01 Å². The van der Waals surface area contributed by atoms with Gasteiger partial charge in [-0.2, -0.15) is 0 Å². The second kappa shape index (κ2) is 4.58. The minimum atomic E-state index is -2.95. The summed E-state index contributed by atoms with van der Waals surface area (Å²) in [6.45, 7) is 8.09. The summed E-state index contributed by atoms with van der Waals surface area (Å²) in [5.41, 5.74) is 0.528. The molecule has 0 amide bonds. The van der Waals surface area contributed by atoms with Crippen LogP contribution in [0.25, 0.3) is 0 Å². The van der Waals surface area contributed by atoms with Gasteiger partial charge in [-0.25, -0.2) is 13.4 Å². The van der Waals surface area contributed by atoms with Crippen LogP contribution in [0.15, 0.2) is 0 Å². The van der Waals surface area contributed by atoms with Crippen LogP contribution in [0.2, 0.25) is 0 Å². The molecule has 4 nitrogen and oxygen atoms in total. The maximum absolute atomic E-state index is 11.8. The third-order valence-electron chi connectivity index (χ3n) is 3.31. The summed E-state index contributed by atoms with van der Waals surface area (Å²) in [5, 5.41) is 4.36. The zero-order valence-corrected chi connectivity index (χ0v) is 12.9. The fourth-order valence-electron chi connectivity index (χ4n) is 2.42. The van der Waals surface area contributed by atoms with E-state index in [0.717, 1.165) is 10.7 Å². The van der Waals surface area contributed by atoms with E-state index in [1.165, 1.54) is 4.88 Å². The van der Waals surface area contributed by atoms with Crippen LogP contribution in [-0.2, 0) is 15.4 Å². The molecule has 0 aliphatic carbocycles. The Labute approximate surface area is 113 Å². The van der Waals surface area contributed by atoms with Crippen LogP contribution in [0.1, 0.15) is 35.8 Å². The smallest absolute Gasteiger partial charge is 0.152 e. The second-order valence-electron chi connectivity index (χ2n) is 5.38. The number of nitrogens with zero attached hydrogens (tertiary/aromatic N) is 1. The number of hydrogen-bond donors (Lipinski definition) is 1. The molecule has 1 aromatic heterocycles. The monoisotopic (exact) mass is 288 g/mol. The van der Waals surface area contributed by atoms with Gasteiger partial charge in [-0.15, -0.1) is 11.3 Å². The molecule has 0 radical (unpaired) electrons. The summed E-state index contributed by atoms with van der Waals surface area (Å²) in [7, 11) is -2.95. The molecule has 1 atom stereocenters. The molecule has 6 heteroatoms. The molecule has 0 saturated carbocycles. The Hall–Kier alpha value is -0.460. The molecule has 1 N–H and O–H groups in total. The van der Waals surface area contributed by atoms with Crippen molar-refractivity contribution >= 4 is 21.2 Å². The van der Waals surface area contributed by atoms with Crippen molar-refractivity contribution in [1.82, 2.24) is 10.3 Å². The Kier molecular flexibility index (Phi) is 3.55. The predicted molar refractivity (Wildman–Crippen MR) is 74.8 cm³/mol. The number of aromatic nitrogens is 1. The summed E-state index contributed by atoms with van der Waals surface area (Å²) >= 11 is 1.62. The van der Waals surface area contributed by atoms with Gasteiger partial charge >= 0.3 is 0 Å². The molecule has 1 unspecified atom stereocenters. The molecule has 1 aromatic rings. The molecule has 1 fully saturated rings. The van der Waals surface area contributed by atoms with Crippen molar-refractivity contribution in [2.24, 2.45) is 0 Å². The predicted octanol–water partition coefficient (Wildman–Crippen LogP) is 1.77. The van der Waals surface area contributed by atoms with Gasteiger partial charge in [0.2, 0.25) is 0 Å². The highest BCUT2D eigenvalue weighted by Gasteiger charge is 2.46. The zero-order valence-electron chi connectivity index (χ0n) is 11.3. The fourth-order valence-corrected chi connectivity index (χ4v) is 5.53. The van der Waals surface area contributed by atoms with Crippen molar-refractivity contribution in [3.63, 3.8) is 0 Å². The maximum Gasteiger partial charge on any atom is 0.152 e. The van der Waals surface area contributed by atoms with E-state index in [2.05, 4.69) is 10.3 Å². The minimum Gasteiger partial charge on any atom is -0.302 e. The Morgan fingerprint density at radius 1 is 1.39 bits per heavy atom. The molecule has 0 aromatic carbocycles. The van der Waals surface area contributed by atoms with Crippen molar-refractivity contribution in [2.75, 3.05) is 11.5 Å². The van der Waals surface area contributed by atoms with E-state index in [-0.39, 0.29) is 17.5 Å². The van der Waals surface area contributed by atoms with E-state index in [4.69, 9.17) is 0 Å². The molecule has 1 aliphatic rings. The van der Waals surface area contributed by atoms with Crippen LogP contribution in [0.5, 0.6) is 0 Å². The summed E-state index contributed by atoms with van der Waals surface area (Å²) in [6.07, 6.45) is 0.625. The normalized spacial score (nSPS) is 26.9. The highest BCUT2D eigenvalue weighted by molar-refractivity contribution is 7.91. The highest BCUT2D eigenvalue weighted by Crippen LogP contribution is 2.37.